The minimum Gasteiger partial charge on any atom is -0.355 e. The van der Waals surface area contributed by atoms with E-state index in [9.17, 15) is 4.39 Å². The molecule has 0 amide bonds. The van der Waals surface area contributed by atoms with Crippen molar-refractivity contribution in [2.45, 2.75) is 6.92 Å². The molecule has 2 aromatic carbocycles. The van der Waals surface area contributed by atoms with Crippen LogP contribution in [0.25, 0.3) is 0 Å². The highest BCUT2D eigenvalue weighted by molar-refractivity contribution is 6.32. The summed E-state index contributed by atoms with van der Waals surface area (Å²) in [6.45, 7) is 1.91. The fourth-order valence-corrected chi connectivity index (χ4v) is 1.83. The molecule has 0 aliphatic carbocycles. The summed E-state index contributed by atoms with van der Waals surface area (Å²) in [7, 11) is 0. The van der Waals surface area contributed by atoms with Gasteiger partial charge < -0.3 is 5.32 Å². The largest absolute Gasteiger partial charge is 0.355 e. The van der Waals surface area contributed by atoms with E-state index < -0.39 is 5.82 Å². The van der Waals surface area contributed by atoms with E-state index in [1.807, 2.05) is 25.1 Å². The molecule has 0 atom stereocenters. The lowest BCUT2D eigenvalue weighted by Crippen LogP contribution is -1.94. The Morgan fingerprint density at radius 1 is 1.06 bits per heavy atom. The molecular formula is C13H10Cl2FN. The quantitative estimate of drug-likeness (QED) is 0.792. The van der Waals surface area contributed by atoms with Gasteiger partial charge in [0.1, 0.15) is 5.82 Å². The topological polar surface area (TPSA) is 12.0 Å². The molecule has 0 saturated carbocycles. The number of benzene rings is 2. The van der Waals surface area contributed by atoms with E-state index in [1.54, 1.807) is 6.07 Å². The molecule has 0 spiro atoms. The molecule has 0 unspecified atom stereocenters. The molecule has 0 radical (unpaired) electrons. The van der Waals surface area contributed by atoms with Crippen molar-refractivity contribution in [3.05, 3.63) is 57.8 Å². The average Bonchev–Trinajstić information content (AvgIpc) is 2.30. The Hall–Kier alpha value is -1.25. The highest BCUT2D eigenvalue weighted by atomic mass is 35.5. The Morgan fingerprint density at radius 3 is 2.53 bits per heavy atom. The normalized spacial score (nSPS) is 10.4. The molecule has 0 aromatic heterocycles. The summed E-state index contributed by atoms with van der Waals surface area (Å²) in [5.74, 6) is -0.431. The van der Waals surface area contributed by atoms with Crippen LogP contribution in [0.15, 0.2) is 36.4 Å². The molecule has 0 bridgehead atoms. The predicted octanol–water partition coefficient (Wildman–Crippen LogP) is 5.18. The van der Waals surface area contributed by atoms with E-state index in [4.69, 9.17) is 23.2 Å². The first kappa shape index (κ1) is 12.2. The fourth-order valence-electron chi connectivity index (χ4n) is 1.47. The number of rotatable bonds is 2. The first-order chi connectivity index (χ1) is 8.08. The molecule has 1 nitrogen and oxygen atoms in total. The molecule has 88 valence electrons. The molecular weight excluding hydrogens is 260 g/mol. The molecule has 0 fully saturated rings. The summed E-state index contributed by atoms with van der Waals surface area (Å²) in [6, 6.07) is 10.1. The fraction of sp³-hybridized carbons (Fsp3) is 0.0769. The second-order valence-corrected chi connectivity index (χ2v) is 4.48. The van der Waals surface area contributed by atoms with Crippen molar-refractivity contribution in [3.8, 4) is 0 Å². The van der Waals surface area contributed by atoms with Crippen molar-refractivity contribution in [2.24, 2.45) is 0 Å². The van der Waals surface area contributed by atoms with Crippen LogP contribution in [-0.4, -0.2) is 0 Å². The Balaban J connectivity index is 2.31. The maximum absolute atomic E-state index is 13.0. The third kappa shape index (κ3) is 2.71. The van der Waals surface area contributed by atoms with Crippen LogP contribution in [0.2, 0.25) is 10.0 Å². The summed E-state index contributed by atoms with van der Waals surface area (Å²) in [5, 5.41) is 3.92. The molecule has 4 heteroatoms. The Labute approximate surface area is 109 Å². The zero-order chi connectivity index (χ0) is 12.4. The van der Waals surface area contributed by atoms with Gasteiger partial charge in [-0.1, -0.05) is 29.3 Å². The van der Waals surface area contributed by atoms with E-state index in [0.717, 1.165) is 16.9 Å². The maximum atomic E-state index is 13.0. The van der Waals surface area contributed by atoms with Gasteiger partial charge in [0.2, 0.25) is 0 Å². The first-order valence-corrected chi connectivity index (χ1v) is 5.80. The van der Waals surface area contributed by atoms with Gasteiger partial charge in [-0.05, 0) is 42.8 Å². The van der Waals surface area contributed by atoms with Gasteiger partial charge in [0.25, 0.3) is 0 Å². The first-order valence-electron chi connectivity index (χ1n) is 5.05. The zero-order valence-electron chi connectivity index (χ0n) is 9.10. The Kier molecular flexibility index (Phi) is 3.55. The molecule has 17 heavy (non-hydrogen) atoms. The molecule has 0 saturated heterocycles. The second kappa shape index (κ2) is 4.94. The van der Waals surface area contributed by atoms with Crippen LogP contribution in [0.4, 0.5) is 15.8 Å². The summed E-state index contributed by atoms with van der Waals surface area (Å²) in [6.07, 6.45) is 0. The highest BCUT2D eigenvalue weighted by Crippen LogP contribution is 2.27. The molecule has 2 aromatic rings. The summed E-state index contributed by atoms with van der Waals surface area (Å²) >= 11 is 11.7. The van der Waals surface area contributed by atoms with E-state index in [1.165, 1.54) is 12.1 Å². The lowest BCUT2D eigenvalue weighted by molar-refractivity contribution is 0.628. The van der Waals surface area contributed by atoms with Crippen LogP contribution in [0.3, 0.4) is 0 Å². The van der Waals surface area contributed by atoms with E-state index in [0.29, 0.717) is 5.02 Å². The van der Waals surface area contributed by atoms with Gasteiger partial charge >= 0.3 is 0 Å². The van der Waals surface area contributed by atoms with Crippen LogP contribution >= 0.6 is 23.2 Å². The zero-order valence-corrected chi connectivity index (χ0v) is 10.6. The van der Waals surface area contributed by atoms with Gasteiger partial charge in [-0.25, -0.2) is 4.39 Å². The van der Waals surface area contributed by atoms with Gasteiger partial charge in [-0.3, -0.25) is 0 Å². The molecule has 1 N–H and O–H groups in total. The predicted molar refractivity (Wildman–Crippen MR) is 70.9 cm³/mol. The van der Waals surface area contributed by atoms with E-state index >= 15 is 0 Å². The number of hydrogen-bond acceptors (Lipinski definition) is 1. The lowest BCUT2D eigenvalue weighted by Gasteiger charge is -2.11. The van der Waals surface area contributed by atoms with Crippen molar-refractivity contribution < 1.29 is 4.39 Å². The van der Waals surface area contributed by atoms with Crippen molar-refractivity contribution >= 4 is 34.6 Å². The van der Waals surface area contributed by atoms with Crippen molar-refractivity contribution in [1.82, 2.24) is 0 Å². The smallest absolute Gasteiger partial charge is 0.141 e. The number of hydrogen-bond donors (Lipinski definition) is 1. The van der Waals surface area contributed by atoms with Gasteiger partial charge in [0.15, 0.2) is 0 Å². The van der Waals surface area contributed by atoms with Gasteiger partial charge in [-0.15, -0.1) is 0 Å². The second-order valence-electron chi connectivity index (χ2n) is 3.67. The SMILES string of the molecule is Cc1c(Cl)cccc1Nc1ccc(F)c(Cl)c1. The third-order valence-electron chi connectivity index (χ3n) is 2.47. The highest BCUT2D eigenvalue weighted by Gasteiger charge is 2.04. The summed E-state index contributed by atoms with van der Waals surface area (Å²) in [4.78, 5) is 0. The lowest BCUT2D eigenvalue weighted by atomic mass is 10.2. The van der Waals surface area contributed by atoms with E-state index in [2.05, 4.69) is 5.32 Å². The van der Waals surface area contributed by atoms with Crippen molar-refractivity contribution in [1.29, 1.82) is 0 Å². The van der Waals surface area contributed by atoms with Gasteiger partial charge in [0.05, 0.1) is 5.02 Å². The van der Waals surface area contributed by atoms with Crippen LogP contribution in [0.1, 0.15) is 5.56 Å². The summed E-state index contributed by atoms with van der Waals surface area (Å²) < 4.78 is 13.0. The van der Waals surface area contributed by atoms with Crippen LogP contribution in [-0.2, 0) is 0 Å². The van der Waals surface area contributed by atoms with E-state index in [-0.39, 0.29) is 5.02 Å². The average molecular weight is 270 g/mol. The van der Waals surface area contributed by atoms with Gasteiger partial charge in [0, 0.05) is 16.4 Å². The van der Waals surface area contributed by atoms with Crippen LogP contribution in [0, 0.1) is 12.7 Å². The Bertz CT molecular complexity index is 555. The standard InChI is InChI=1S/C13H10Cl2FN/c1-8-10(14)3-2-4-13(8)17-9-5-6-12(16)11(15)7-9/h2-7,17H,1H3. The molecule has 0 aliphatic rings. The Morgan fingerprint density at radius 2 is 1.82 bits per heavy atom. The van der Waals surface area contributed by atoms with Crippen LogP contribution in [0.5, 0.6) is 0 Å². The molecule has 0 heterocycles. The summed E-state index contributed by atoms with van der Waals surface area (Å²) in [5.41, 5.74) is 2.54. The minimum atomic E-state index is -0.431. The minimum absolute atomic E-state index is 0.0923. The monoisotopic (exact) mass is 269 g/mol. The van der Waals surface area contributed by atoms with Gasteiger partial charge in [-0.2, -0.15) is 0 Å². The molecule has 2 rings (SSSR count). The number of anilines is 2. The molecule has 0 aliphatic heterocycles. The number of halogens is 3. The number of nitrogens with one attached hydrogen (secondary N) is 1. The third-order valence-corrected chi connectivity index (χ3v) is 3.17. The van der Waals surface area contributed by atoms with Crippen molar-refractivity contribution in [3.63, 3.8) is 0 Å². The van der Waals surface area contributed by atoms with Crippen molar-refractivity contribution in [2.75, 3.05) is 5.32 Å². The van der Waals surface area contributed by atoms with Crippen LogP contribution < -0.4 is 5.32 Å². The maximum Gasteiger partial charge on any atom is 0.141 e.